The quantitative estimate of drug-likeness (QED) is 0.601. The Kier molecular flexibility index (Phi) is 4.85. The van der Waals surface area contributed by atoms with Crippen molar-refractivity contribution in [2.24, 2.45) is 7.05 Å². The fourth-order valence-corrected chi connectivity index (χ4v) is 2.59. The lowest BCUT2D eigenvalue weighted by Gasteiger charge is -2.09. The summed E-state index contributed by atoms with van der Waals surface area (Å²) in [5.74, 6) is 2.18. The molecule has 0 aliphatic rings. The van der Waals surface area contributed by atoms with Gasteiger partial charge in [-0.15, -0.1) is 10.2 Å². The largest absolute Gasteiger partial charge is 0.497 e. The smallest absolute Gasteiger partial charge is 0.191 e. The van der Waals surface area contributed by atoms with Crippen LogP contribution in [0.1, 0.15) is 16.2 Å². The highest BCUT2D eigenvalue weighted by Gasteiger charge is 2.15. The van der Waals surface area contributed by atoms with Crippen LogP contribution >= 0.6 is 11.8 Å². The molecule has 0 N–H and O–H groups in total. The molecule has 1 aromatic heterocycles. The number of aryl methyl sites for hydroxylation is 1. The van der Waals surface area contributed by atoms with E-state index in [-0.39, 0.29) is 11.5 Å². The number of benzene rings is 1. The minimum atomic E-state index is -0.0450. The first-order valence-electron chi connectivity index (χ1n) is 6.30. The average molecular weight is 307 g/mol. The summed E-state index contributed by atoms with van der Waals surface area (Å²) in [4.78, 5) is 12.4. The molecular weight excluding hydrogens is 290 g/mol. The fourth-order valence-electron chi connectivity index (χ4n) is 1.75. The molecule has 6 nitrogen and oxygen atoms in total. The second-order valence-electron chi connectivity index (χ2n) is 4.37. The predicted octanol–water partition coefficient (Wildman–Crippen LogP) is 2.12. The third-order valence-corrected chi connectivity index (χ3v) is 4.11. The zero-order valence-corrected chi connectivity index (χ0v) is 13.2. The van der Waals surface area contributed by atoms with Gasteiger partial charge in [-0.3, -0.25) is 4.79 Å². The third-order valence-electron chi connectivity index (χ3n) is 3.09. The van der Waals surface area contributed by atoms with Crippen molar-refractivity contribution in [1.82, 2.24) is 14.8 Å². The van der Waals surface area contributed by atoms with E-state index in [0.717, 1.165) is 5.82 Å². The summed E-state index contributed by atoms with van der Waals surface area (Å²) >= 11 is 1.35. The Labute approximate surface area is 127 Å². The highest BCUT2D eigenvalue weighted by atomic mass is 32.2. The van der Waals surface area contributed by atoms with E-state index >= 15 is 0 Å². The van der Waals surface area contributed by atoms with Gasteiger partial charge in [0.1, 0.15) is 17.3 Å². The van der Waals surface area contributed by atoms with Gasteiger partial charge in [0.25, 0.3) is 0 Å². The number of nitrogens with zero attached hydrogens (tertiary/aromatic N) is 3. The van der Waals surface area contributed by atoms with Gasteiger partial charge >= 0.3 is 0 Å². The van der Waals surface area contributed by atoms with E-state index in [9.17, 15) is 4.79 Å². The van der Waals surface area contributed by atoms with Crippen LogP contribution in [0, 0.1) is 6.92 Å². The molecule has 0 bridgehead atoms. The Hall–Kier alpha value is -2.02. The second kappa shape index (κ2) is 6.62. The summed E-state index contributed by atoms with van der Waals surface area (Å²) in [6.07, 6.45) is 0. The van der Waals surface area contributed by atoms with Gasteiger partial charge in [0.2, 0.25) is 0 Å². The molecule has 0 aliphatic carbocycles. The Morgan fingerprint density at radius 2 is 2.05 bits per heavy atom. The normalized spacial score (nSPS) is 10.5. The third kappa shape index (κ3) is 3.36. The van der Waals surface area contributed by atoms with Gasteiger partial charge in [-0.1, -0.05) is 11.8 Å². The summed E-state index contributed by atoms with van der Waals surface area (Å²) in [5, 5.41) is 8.70. The lowest BCUT2D eigenvalue weighted by Crippen LogP contribution is -2.06. The zero-order chi connectivity index (χ0) is 15.4. The minimum absolute atomic E-state index is 0.0450. The zero-order valence-electron chi connectivity index (χ0n) is 12.4. The van der Waals surface area contributed by atoms with E-state index < -0.39 is 0 Å². The van der Waals surface area contributed by atoms with Crippen molar-refractivity contribution in [2.75, 3.05) is 20.0 Å². The fraction of sp³-hybridized carbons (Fsp3) is 0.357. The topological polar surface area (TPSA) is 66.2 Å². The number of carbonyl (C=O) groups excluding carboxylic acids is 1. The Bertz CT molecular complexity index is 655. The molecule has 112 valence electrons. The Morgan fingerprint density at radius 1 is 1.29 bits per heavy atom. The molecule has 2 rings (SSSR count). The molecule has 7 heteroatoms. The van der Waals surface area contributed by atoms with Crippen LogP contribution in [0.25, 0.3) is 0 Å². The molecule has 21 heavy (non-hydrogen) atoms. The van der Waals surface area contributed by atoms with E-state index in [2.05, 4.69) is 10.2 Å². The molecule has 1 aromatic carbocycles. The SMILES string of the molecule is COc1ccc(OC)c(C(=O)CSc2nnc(C)n2C)c1. The van der Waals surface area contributed by atoms with Crippen molar-refractivity contribution in [1.29, 1.82) is 0 Å². The summed E-state index contributed by atoms with van der Waals surface area (Å²) in [6.45, 7) is 1.87. The van der Waals surface area contributed by atoms with Crippen molar-refractivity contribution >= 4 is 17.5 Å². The molecule has 2 aromatic rings. The van der Waals surface area contributed by atoms with Gasteiger partial charge in [-0.2, -0.15) is 0 Å². The molecule has 0 saturated carbocycles. The van der Waals surface area contributed by atoms with Crippen LogP contribution in [0.2, 0.25) is 0 Å². The highest BCUT2D eigenvalue weighted by molar-refractivity contribution is 7.99. The minimum Gasteiger partial charge on any atom is -0.497 e. The second-order valence-corrected chi connectivity index (χ2v) is 5.31. The number of carbonyl (C=O) groups is 1. The van der Waals surface area contributed by atoms with Crippen LogP contribution in [0.15, 0.2) is 23.4 Å². The average Bonchev–Trinajstić information content (AvgIpc) is 2.83. The van der Waals surface area contributed by atoms with Crippen LogP contribution in [0.5, 0.6) is 11.5 Å². The van der Waals surface area contributed by atoms with Gasteiger partial charge in [0.05, 0.1) is 25.5 Å². The maximum atomic E-state index is 12.4. The molecule has 0 radical (unpaired) electrons. The van der Waals surface area contributed by atoms with Crippen LogP contribution in [0.3, 0.4) is 0 Å². The molecule has 0 unspecified atom stereocenters. The number of aromatic nitrogens is 3. The number of ketones is 1. The lowest BCUT2D eigenvalue weighted by molar-refractivity contribution is 0.101. The number of Topliss-reactive ketones (excluding diaryl/α,β-unsaturated/α-hetero) is 1. The molecule has 0 atom stereocenters. The molecule has 0 fully saturated rings. The number of hydrogen-bond donors (Lipinski definition) is 0. The van der Waals surface area contributed by atoms with E-state index in [0.29, 0.717) is 22.2 Å². The number of methoxy groups -OCH3 is 2. The predicted molar refractivity (Wildman–Crippen MR) is 80.3 cm³/mol. The van der Waals surface area contributed by atoms with E-state index in [1.165, 1.54) is 18.9 Å². The number of rotatable bonds is 6. The van der Waals surface area contributed by atoms with Crippen molar-refractivity contribution in [3.63, 3.8) is 0 Å². The standard InChI is InChI=1S/C14H17N3O3S/c1-9-15-16-14(17(9)2)21-8-12(18)11-7-10(19-3)5-6-13(11)20-4/h5-7H,8H2,1-4H3. The molecule has 0 amide bonds. The highest BCUT2D eigenvalue weighted by Crippen LogP contribution is 2.26. The van der Waals surface area contributed by atoms with Crippen LogP contribution in [-0.4, -0.2) is 40.5 Å². The van der Waals surface area contributed by atoms with Crippen molar-refractivity contribution < 1.29 is 14.3 Å². The summed E-state index contributed by atoms with van der Waals surface area (Å²) in [5.41, 5.74) is 0.503. The monoisotopic (exact) mass is 307 g/mol. The summed E-state index contributed by atoms with van der Waals surface area (Å²) < 4.78 is 12.2. The van der Waals surface area contributed by atoms with Crippen LogP contribution in [-0.2, 0) is 7.05 Å². The van der Waals surface area contributed by atoms with E-state index in [1.54, 1.807) is 25.3 Å². The first-order chi connectivity index (χ1) is 10.1. The van der Waals surface area contributed by atoms with E-state index in [4.69, 9.17) is 9.47 Å². The van der Waals surface area contributed by atoms with Gasteiger partial charge in [0, 0.05) is 7.05 Å². The van der Waals surface area contributed by atoms with Crippen molar-refractivity contribution in [3.05, 3.63) is 29.6 Å². The lowest BCUT2D eigenvalue weighted by atomic mass is 10.1. The molecule has 0 spiro atoms. The van der Waals surface area contributed by atoms with Crippen molar-refractivity contribution in [2.45, 2.75) is 12.1 Å². The number of hydrogen-bond acceptors (Lipinski definition) is 6. The number of ether oxygens (including phenoxy) is 2. The van der Waals surface area contributed by atoms with Crippen LogP contribution in [0.4, 0.5) is 0 Å². The van der Waals surface area contributed by atoms with Gasteiger partial charge < -0.3 is 14.0 Å². The van der Waals surface area contributed by atoms with Gasteiger partial charge in [-0.25, -0.2) is 0 Å². The maximum Gasteiger partial charge on any atom is 0.191 e. The summed E-state index contributed by atoms with van der Waals surface area (Å²) in [7, 11) is 4.97. The first-order valence-corrected chi connectivity index (χ1v) is 7.29. The first kappa shape index (κ1) is 15.4. The number of thioether (sulfide) groups is 1. The molecule has 0 aliphatic heterocycles. The maximum absolute atomic E-state index is 12.4. The van der Waals surface area contributed by atoms with Crippen LogP contribution < -0.4 is 9.47 Å². The Morgan fingerprint density at radius 3 is 2.62 bits per heavy atom. The molecule has 1 heterocycles. The van der Waals surface area contributed by atoms with Gasteiger partial charge in [0.15, 0.2) is 10.9 Å². The molecule has 0 saturated heterocycles. The van der Waals surface area contributed by atoms with Gasteiger partial charge in [-0.05, 0) is 25.1 Å². The Balaban J connectivity index is 2.14. The molecular formula is C14H17N3O3S. The van der Waals surface area contributed by atoms with E-state index in [1.807, 2.05) is 18.5 Å². The summed E-state index contributed by atoms with van der Waals surface area (Å²) in [6, 6.07) is 5.17. The van der Waals surface area contributed by atoms with Crippen molar-refractivity contribution in [3.8, 4) is 11.5 Å².